The van der Waals surface area contributed by atoms with Crippen LogP contribution in [0.4, 0.5) is 5.69 Å². The molecular weight excluding hydrogens is 428 g/mol. The van der Waals surface area contributed by atoms with E-state index >= 15 is 0 Å². The summed E-state index contributed by atoms with van der Waals surface area (Å²) in [5.74, 6) is -0.0349. The van der Waals surface area contributed by atoms with Crippen molar-refractivity contribution in [2.75, 3.05) is 38.7 Å². The predicted molar refractivity (Wildman–Crippen MR) is 125 cm³/mol. The Morgan fingerprint density at radius 1 is 1.12 bits per heavy atom. The first-order chi connectivity index (χ1) is 15.1. The number of hydrogen-bond donors (Lipinski definition) is 1. The quantitative estimate of drug-likeness (QED) is 0.668. The van der Waals surface area contributed by atoms with Crippen LogP contribution in [0, 0.1) is 0 Å². The molecule has 0 atom stereocenters. The summed E-state index contributed by atoms with van der Waals surface area (Å²) in [6.45, 7) is 7.56. The highest BCUT2D eigenvalue weighted by molar-refractivity contribution is 7.89. The van der Waals surface area contributed by atoms with Gasteiger partial charge >= 0.3 is 0 Å². The summed E-state index contributed by atoms with van der Waals surface area (Å²) in [7, 11) is -2.31. The third kappa shape index (κ3) is 5.56. The van der Waals surface area contributed by atoms with Crippen molar-refractivity contribution >= 4 is 27.7 Å². The van der Waals surface area contributed by atoms with Crippen molar-refractivity contribution in [3.8, 4) is 5.75 Å². The third-order valence-electron chi connectivity index (χ3n) is 5.20. The standard InChI is InChI=1S/C24H30N2O5S/c1-24(2,3)19-7-5-6-8-20(19)25-23(27)12-10-18-9-11-21(30-4)22(17-18)32(28,29)26-13-15-31-16-14-26/h5-12,17H,13-16H2,1-4H3,(H,25,27)/b12-10+. The summed E-state index contributed by atoms with van der Waals surface area (Å²) in [6.07, 6.45) is 2.99. The van der Waals surface area contributed by atoms with Crippen LogP contribution in [0.25, 0.3) is 6.08 Å². The van der Waals surface area contributed by atoms with E-state index < -0.39 is 10.0 Å². The molecule has 1 amide bonds. The van der Waals surface area contributed by atoms with E-state index in [0.29, 0.717) is 31.9 Å². The van der Waals surface area contributed by atoms with Crippen molar-refractivity contribution in [1.29, 1.82) is 0 Å². The minimum atomic E-state index is -3.74. The number of hydrogen-bond acceptors (Lipinski definition) is 5. The number of morpholine rings is 1. The molecule has 1 saturated heterocycles. The molecule has 0 spiro atoms. The molecule has 2 aromatic rings. The summed E-state index contributed by atoms with van der Waals surface area (Å²) < 4.78 is 38.2. The molecule has 0 aliphatic carbocycles. The maximum atomic E-state index is 13.1. The molecule has 0 radical (unpaired) electrons. The first-order valence-corrected chi connectivity index (χ1v) is 11.9. The molecule has 2 aromatic carbocycles. The van der Waals surface area contributed by atoms with E-state index in [4.69, 9.17) is 9.47 Å². The monoisotopic (exact) mass is 458 g/mol. The summed E-state index contributed by atoms with van der Waals surface area (Å²) in [4.78, 5) is 12.6. The van der Waals surface area contributed by atoms with Crippen LogP contribution in [0.2, 0.25) is 0 Å². The fourth-order valence-electron chi connectivity index (χ4n) is 3.52. The number of ether oxygens (including phenoxy) is 2. The number of anilines is 1. The first kappa shape index (κ1) is 24.0. The Kier molecular flexibility index (Phi) is 7.38. The van der Waals surface area contributed by atoms with Crippen LogP contribution in [0.1, 0.15) is 31.9 Å². The number of carbonyl (C=O) groups excluding carboxylic acids is 1. The van der Waals surface area contributed by atoms with E-state index in [1.54, 1.807) is 18.2 Å². The van der Waals surface area contributed by atoms with Crippen molar-refractivity contribution in [2.45, 2.75) is 31.1 Å². The summed E-state index contributed by atoms with van der Waals surface area (Å²) in [6, 6.07) is 12.5. The fraction of sp³-hybridized carbons (Fsp3) is 0.375. The Hall–Kier alpha value is -2.68. The molecule has 1 fully saturated rings. The zero-order chi connectivity index (χ0) is 23.4. The van der Waals surface area contributed by atoms with Gasteiger partial charge in [-0.3, -0.25) is 4.79 Å². The van der Waals surface area contributed by atoms with Gasteiger partial charge in [-0.2, -0.15) is 4.31 Å². The zero-order valence-electron chi connectivity index (χ0n) is 18.9. The summed E-state index contributed by atoms with van der Waals surface area (Å²) in [5, 5.41) is 2.92. The van der Waals surface area contributed by atoms with Gasteiger partial charge in [-0.25, -0.2) is 8.42 Å². The van der Waals surface area contributed by atoms with Crippen LogP contribution in [-0.2, 0) is 25.0 Å². The maximum Gasteiger partial charge on any atom is 0.248 e. The van der Waals surface area contributed by atoms with Crippen LogP contribution in [0.5, 0.6) is 5.75 Å². The van der Waals surface area contributed by atoms with Gasteiger partial charge in [0, 0.05) is 24.9 Å². The van der Waals surface area contributed by atoms with Crippen LogP contribution < -0.4 is 10.1 Å². The van der Waals surface area contributed by atoms with Crippen LogP contribution in [-0.4, -0.2) is 52.0 Å². The van der Waals surface area contributed by atoms with Gasteiger partial charge in [-0.05, 0) is 40.8 Å². The van der Waals surface area contributed by atoms with Gasteiger partial charge in [0.15, 0.2) is 0 Å². The van der Waals surface area contributed by atoms with Crippen molar-refractivity contribution in [1.82, 2.24) is 4.31 Å². The van der Waals surface area contributed by atoms with Crippen molar-refractivity contribution < 1.29 is 22.7 Å². The van der Waals surface area contributed by atoms with Gasteiger partial charge in [-0.1, -0.05) is 45.0 Å². The molecule has 0 saturated carbocycles. The lowest BCUT2D eigenvalue weighted by Gasteiger charge is -2.26. The SMILES string of the molecule is COc1ccc(/C=C/C(=O)Nc2ccccc2C(C)(C)C)cc1S(=O)(=O)N1CCOCC1. The molecule has 0 bridgehead atoms. The second kappa shape index (κ2) is 9.85. The molecule has 1 N–H and O–H groups in total. The van der Waals surface area contributed by atoms with E-state index in [0.717, 1.165) is 11.3 Å². The predicted octanol–water partition coefficient (Wildman–Crippen LogP) is 3.67. The van der Waals surface area contributed by atoms with Crippen molar-refractivity contribution in [2.24, 2.45) is 0 Å². The molecule has 8 heteroatoms. The maximum absolute atomic E-state index is 13.1. The fourth-order valence-corrected chi connectivity index (χ4v) is 5.12. The minimum absolute atomic E-state index is 0.0718. The second-order valence-corrected chi connectivity index (χ2v) is 10.5. The van der Waals surface area contributed by atoms with E-state index in [9.17, 15) is 13.2 Å². The summed E-state index contributed by atoms with van der Waals surface area (Å²) >= 11 is 0. The van der Waals surface area contributed by atoms with Gasteiger partial charge in [0.05, 0.1) is 20.3 Å². The highest BCUT2D eigenvalue weighted by atomic mass is 32.2. The van der Waals surface area contributed by atoms with Gasteiger partial charge in [0.25, 0.3) is 0 Å². The highest BCUT2D eigenvalue weighted by Crippen LogP contribution is 2.30. The molecule has 1 aliphatic rings. The van der Waals surface area contributed by atoms with E-state index in [-0.39, 0.29) is 22.0 Å². The lowest BCUT2D eigenvalue weighted by Crippen LogP contribution is -2.40. The Balaban J connectivity index is 1.82. The van der Waals surface area contributed by atoms with Crippen LogP contribution >= 0.6 is 0 Å². The normalized spacial score (nSPS) is 15.6. The van der Waals surface area contributed by atoms with Crippen molar-refractivity contribution in [3.05, 3.63) is 59.7 Å². The number of benzene rings is 2. The number of rotatable bonds is 6. The smallest absolute Gasteiger partial charge is 0.248 e. The van der Waals surface area contributed by atoms with Crippen LogP contribution in [0.15, 0.2) is 53.4 Å². The number of amides is 1. The van der Waals surface area contributed by atoms with Crippen LogP contribution in [0.3, 0.4) is 0 Å². The Labute approximate surface area is 190 Å². The first-order valence-electron chi connectivity index (χ1n) is 10.5. The molecule has 172 valence electrons. The van der Waals surface area contributed by atoms with E-state index in [1.165, 1.54) is 23.6 Å². The summed E-state index contributed by atoms with van der Waals surface area (Å²) in [5.41, 5.74) is 2.24. The Bertz CT molecular complexity index is 1100. The molecule has 0 aromatic heterocycles. The molecule has 3 rings (SSSR count). The lowest BCUT2D eigenvalue weighted by molar-refractivity contribution is -0.111. The van der Waals surface area contributed by atoms with E-state index in [2.05, 4.69) is 26.1 Å². The highest BCUT2D eigenvalue weighted by Gasteiger charge is 2.29. The van der Waals surface area contributed by atoms with Gasteiger partial charge in [0.1, 0.15) is 10.6 Å². The largest absolute Gasteiger partial charge is 0.495 e. The molecular formula is C24H30N2O5S. The number of sulfonamides is 1. The average molecular weight is 459 g/mol. The Morgan fingerprint density at radius 2 is 1.81 bits per heavy atom. The minimum Gasteiger partial charge on any atom is -0.495 e. The lowest BCUT2D eigenvalue weighted by atomic mass is 9.86. The number of methoxy groups -OCH3 is 1. The Morgan fingerprint density at radius 3 is 2.47 bits per heavy atom. The molecule has 7 nitrogen and oxygen atoms in total. The van der Waals surface area contributed by atoms with Crippen molar-refractivity contribution in [3.63, 3.8) is 0 Å². The average Bonchev–Trinajstić information content (AvgIpc) is 2.77. The zero-order valence-corrected chi connectivity index (χ0v) is 19.7. The van der Waals surface area contributed by atoms with E-state index in [1.807, 2.05) is 24.3 Å². The van der Waals surface area contributed by atoms with Gasteiger partial charge in [-0.15, -0.1) is 0 Å². The van der Waals surface area contributed by atoms with Gasteiger partial charge in [0.2, 0.25) is 15.9 Å². The molecule has 0 unspecified atom stereocenters. The number of para-hydroxylation sites is 1. The number of nitrogens with zero attached hydrogens (tertiary/aromatic N) is 1. The molecule has 1 aliphatic heterocycles. The second-order valence-electron chi connectivity index (χ2n) is 8.54. The molecule has 32 heavy (non-hydrogen) atoms. The third-order valence-corrected chi connectivity index (χ3v) is 7.12. The number of nitrogens with one attached hydrogen (secondary N) is 1. The van der Waals surface area contributed by atoms with Gasteiger partial charge < -0.3 is 14.8 Å². The number of carbonyl (C=O) groups is 1. The molecule has 1 heterocycles. The topological polar surface area (TPSA) is 84.9 Å².